The lowest BCUT2D eigenvalue weighted by molar-refractivity contribution is 0.213. The van der Waals surface area contributed by atoms with E-state index in [9.17, 15) is 0 Å². The van der Waals surface area contributed by atoms with Crippen LogP contribution in [-0.4, -0.2) is 29.6 Å². The van der Waals surface area contributed by atoms with Gasteiger partial charge in [0, 0.05) is 18.1 Å². The molecule has 0 spiro atoms. The van der Waals surface area contributed by atoms with Crippen molar-refractivity contribution >= 4 is 0 Å². The number of benzene rings is 1. The Morgan fingerprint density at radius 2 is 1.62 bits per heavy atom. The van der Waals surface area contributed by atoms with E-state index in [2.05, 4.69) is 76.0 Å². The molecule has 0 aliphatic rings. The van der Waals surface area contributed by atoms with Gasteiger partial charge < -0.3 is 5.32 Å². The average Bonchev–Trinajstić information content (AvgIpc) is 2.38. The van der Waals surface area contributed by atoms with Crippen LogP contribution >= 0.6 is 0 Å². The topological polar surface area (TPSA) is 15.3 Å². The molecule has 1 rings (SSSR count). The van der Waals surface area contributed by atoms with Crippen LogP contribution in [0.2, 0.25) is 0 Å². The van der Waals surface area contributed by atoms with Crippen molar-refractivity contribution in [2.45, 2.75) is 72.5 Å². The zero-order chi connectivity index (χ0) is 15.9. The molecule has 0 fully saturated rings. The summed E-state index contributed by atoms with van der Waals surface area (Å²) >= 11 is 0. The van der Waals surface area contributed by atoms with Crippen molar-refractivity contribution in [3.63, 3.8) is 0 Å². The fourth-order valence-electron chi connectivity index (χ4n) is 2.43. The van der Waals surface area contributed by atoms with Crippen LogP contribution in [0.15, 0.2) is 24.3 Å². The fraction of sp³-hybridized carbons (Fsp3) is 0.684. The van der Waals surface area contributed by atoms with E-state index < -0.39 is 0 Å². The molecular weight excluding hydrogens is 256 g/mol. The highest BCUT2D eigenvalue weighted by Crippen LogP contribution is 2.11. The molecular formula is C19H34N2. The summed E-state index contributed by atoms with van der Waals surface area (Å²) in [6.07, 6.45) is 2.31. The number of hydrogen-bond acceptors (Lipinski definition) is 2. The first-order chi connectivity index (χ1) is 9.81. The number of hydrogen-bond donors (Lipinski definition) is 1. The van der Waals surface area contributed by atoms with Gasteiger partial charge in [0.15, 0.2) is 0 Å². The molecule has 1 aromatic rings. The standard InChI is InChI=1S/C19H34N2/c1-7-14-21(16(2)3)15-18-10-8-17(9-11-18)12-13-20-19(4,5)6/h8-11,16,20H,7,12-15H2,1-6H3. The highest BCUT2D eigenvalue weighted by Gasteiger charge is 2.09. The van der Waals surface area contributed by atoms with Crippen LogP contribution in [0.25, 0.3) is 0 Å². The molecule has 2 heteroatoms. The quantitative estimate of drug-likeness (QED) is 0.770. The molecule has 0 heterocycles. The van der Waals surface area contributed by atoms with Gasteiger partial charge >= 0.3 is 0 Å². The largest absolute Gasteiger partial charge is 0.312 e. The number of nitrogens with one attached hydrogen (secondary N) is 1. The summed E-state index contributed by atoms with van der Waals surface area (Å²) in [4.78, 5) is 2.54. The normalized spacial score (nSPS) is 12.4. The minimum absolute atomic E-state index is 0.206. The van der Waals surface area contributed by atoms with Crippen molar-refractivity contribution in [1.82, 2.24) is 10.2 Å². The predicted molar refractivity (Wildman–Crippen MR) is 93.7 cm³/mol. The first kappa shape index (κ1) is 18.2. The van der Waals surface area contributed by atoms with Crippen LogP contribution < -0.4 is 5.32 Å². The summed E-state index contributed by atoms with van der Waals surface area (Å²) in [7, 11) is 0. The zero-order valence-electron chi connectivity index (χ0n) is 14.9. The van der Waals surface area contributed by atoms with Gasteiger partial charge in [-0.05, 0) is 71.7 Å². The highest BCUT2D eigenvalue weighted by atomic mass is 15.1. The Kier molecular flexibility index (Phi) is 7.41. The van der Waals surface area contributed by atoms with Crippen LogP contribution in [0.5, 0.6) is 0 Å². The van der Waals surface area contributed by atoms with E-state index in [-0.39, 0.29) is 5.54 Å². The van der Waals surface area contributed by atoms with Gasteiger partial charge in [0.1, 0.15) is 0 Å². The van der Waals surface area contributed by atoms with Crippen molar-refractivity contribution in [3.8, 4) is 0 Å². The van der Waals surface area contributed by atoms with E-state index >= 15 is 0 Å². The van der Waals surface area contributed by atoms with Gasteiger partial charge in [-0.3, -0.25) is 4.90 Å². The molecule has 0 saturated carbocycles. The van der Waals surface area contributed by atoms with E-state index in [0.717, 1.165) is 19.5 Å². The van der Waals surface area contributed by atoms with Crippen molar-refractivity contribution in [2.75, 3.05) is 13.1 Å². The van der Waals surface area contributed by atoms with Crippen LogP contribution in [0.3, 0.4) is 0 Å². The highest BCUT2D eigenvalue weighted by molar-refractivity contribution is 5.22. The van der Waals surface area contributed by atoms with Crippen LogP contribution in [0, 0.1) is 0 Å². The maximum Gasteiger partial charge on any atom is 0.0236 e. The summed E-state index contributed by atoms with van der Waals surface area (Å²) in [5.74, 6) is 0. The van der Waals surface area contributed by atoms with Gasteiger partial charge in [-0.15, -0.1) is 0 Å². The molecule has 1 aromatic carbocycles. The monoisotopic (exact) mass is 290 g/mol. The molecule has 120 valence electrons. The lowest BCUT2D eigenvalue weighted by atomic mass is 10.1. The summed E-state index contributed by atoms with van der Waals surface area (Å²) in [5, 5.41) is 3.54. The Morgan fingerprint density at radius 3 is 2.10 bits per heavy atom. The maximum absolute atomic E-state index is 3.54. The second-order valence-corrected chi connectivity index (χ2v) is 7.31. The molecule has 2 nitrogen and oxygen atoms in total. The third-order valence-electron chi connectivity index (χ3n) is 3.72. The molecule has 0 aliphatic carbocycles. The SMILES string of the molecule is CCCN(Cc1ccc(CCNC(C)(C)C)cc1)C(C)C. The molecule has 0 unspecified atom stereocenters. The second kappa shape index (κ2) is 8.55. The van der Waals surface area contributed by atoms with Crippen molar-refractivity contribution in [2.24, 2.45) is 0 Å². The molecule has 0 aromatic heterocycles. The lowest BCUT2D eigenvalue weighted by Gasteiger charge is -2.26. The third kappa shape index (κ3) is 7.63. The minimum atomic E-state index is 0.206. The summed E-state index contributed by atoms with van der Waals surface area (Å²) in [5.41, 5.74) is 3.05. The second-order valence-electron chi connectivity index (χ2n) is 7.31. The van der Waals surface area contributed by atoms with Crippen LogP contribution in [0.4, 0.5) is 0 Å². The Morgan fingerprint density at radius 1 is 1.05 bits per heavy atom. The molecule has 0 saturated heterocycles. The smallest absolute Gasteiger partial charge is 0.0236 e. The van der Waals surface area contributed by atoms with Crippen molar-refractivity contribution in [3.05, 3.63) is 35.4 Å². The third-order valence-corrected chi connectivity index (χ3v) is 3.72. The van der Waals surface area contributed by atoms with Gasteiger partial charge in [-0.1, -0.05) is 31.2 Å². The van der Waals surface area contributed by atoms with Gasteiger partial charge in [0.05, 0.1) is 0 Å². The minimum Gasteiger partial charge on any atom is -0.312 e. The first-order valence-corrected chi connectivity index (χ1v) is 8.38. The Bertz CT molecular complexity index is 387. The number of nitrogens with zero attached hydrogens (tertiary/aromatic N) is 1. The summed E-state index contributed by atoms with van der Waals surface area (Å²) in [6.45, 7) is 16.7. The lowest BCUT2D eigenvalue weighted by Crippen LogP contribution is -2.37. The van der Waals surface area contributed by atoms with Gasteiger partial charge in [0.25, 0.3) is 0 Å². The van der Waals surface area contributed by atoms with Gasteiger partial charge in [-0.25, -0.2) is 0 Å². The van der Waals surface area contributed by atoms with Gasteiger partial charge in [-0.2, -0.15) is 0 Å². The Labute approximate surface area is 131 Å². The fourth-order valence-corrected chi connectivity index (χ4v) is 2.43. The first-order valence-electron chi connectivity index (χ1n) is 8.38. The van der Waals surface area contributed by atoms with E-state index in [1.807, 2.05) is 0 Å². The molecule has 0 amide bonds. The van der Waals surface area contributed by atoms with E-state index in [1.54, 1.807) is 0 Å². The summed E-state index contributed by atoms with van der Waals surface area (Å²) < 4.78 is 0. The molecule has 0 atom stereocenters. The average molecular weight is 290 g/mol. The predicted octanol–water partition coefficient (Wildman–Crippen LogP) is 4.24. The van der Waals surface area contributed by atoms with E-state index in [0.29, 0.717) is 6.04 Å². The maximum atomic E-state index is 3.54. The molecule has 1 N–H and O–H groups in total. The van der Waals surface area contributed by atoms with Gasteiger partial charge in [0.2, 0.25) is 0 Å². The van der Waals surface area contributed by atoms with E-state index in [1.165, 1.54) is 24.1 Å². The Hall–Kier alpha value is -0.860. The molecule has 0 aliphatic heterocycles. The van der Waals surface area contributed by atoms with Crippen molar-refractivity contribution < 1.29 is 0 Å². The van der Waals surface area contributed by atoms with Crippen LogP contribution in [0.1, 0.15) is 59.1 Å². The Balaban J connectivity index is 2.49. The van der Waals surface area contributed by atoms with E-state index in [4.69, 9.17) is 0 Å². The van der Waals surface area contributed by atoms with Crippen molar-refractivity contribution in [1.29, 1.82) is 0 Å². The zero-order valence-corrected chi connectivity index (χ0v) is 14.9. The summed E-state index contributed by atoms with van der Waals surface area (Å²) in [6, 6.07) is 9.75. The molecule has 0 radical (unpaired) electrons. The van der Waals surface area contributed by atoms with Crippen LogP contribution in [-0.2, 0) is 13.0 Å². The molecule has 21 heavy (non-hydrogen) atoms. The number of rotatable bonds is 8. The molecule has 0 bridgehead atoms.